The van der Waals surface area contributed by atoms with E-state index in [1.165, 1.54) is 12.3 Å². The molecule has 1 saturated heterocycles. The van der Waals surface area contributed by atoms with Crippen LogP contribution in [0.4, 0.5) is 4.39 Å². The molecule has 0 aromatic carbocycles. The molecule has 98 valence electrons. The van der Waals surface area contributed by atoms with Crippen LogP contribution in [0.2, 0.25) is 0 Å². The highest BCUT2D eigenvalue weighted by atomic mass is 19.1. The van der Waals surface area contributed by atoms with Gasteiger partial charge in [-0.15, -0.1) is 0 Å². The summed E-state index contributed by atoms with van der Waals surface area (Å²) in [5, 5.41) is 0. The van der Waals surface area contributed by atoms with E-state index in [-0.39, 0.29) is 5.91 Å². The Morgan fingerprint density at radius 1 is 1.33 bits per heavy atom. The van der Waals surface area contributed by atoms with Gasteiger partial charge in [0.15, 0.2) is 0 Å². The summed E-state index contributed by atoms with van der Waals surface area (Å²) in [6.45, 7) is 4.40. The van der Waals surface area contributed by atoms with Gasteiger partial charge in [-0.2, -0.15) is 0 Å². The van der Waals surface area contributed by atoms with E-state index in [0.29, 0.717) is 25.2 Å². The fourth-order valence-electron chi connectivity index (χ4n) is 2.07. The Hall–Kier alpha value is -1.53. The van der Waals surface area contributed by atoms with Gasteiger partial charge in [-0.3, -0.25) is 14.7 Å². The second-order valence-corrected chi connectivity index (χ2v) is 4.31. The van der Waals surface area contributed by atoms with Gasteiger partial charge in [0, 0.05) is 45.5 Å². The van der Waals surface area contributed by atoms with Crippen LogP contribution in [0, 0.1) is 5.82 Å². The molecule has 2 heterocycles. The molecule has 0 bridgehead atoms. The van der Waals surface area contributed by atoms with Crippen LogP contribution in [0.25, 0.3) is 0 Å². The number of hydrogen-bond donors (Lipinski definition) is 1. The molecule has 1 amide bonds. The van der Waals surface area contributed by atoms with E-state index in [1.807, 2.05) is 0 Å². The number of carbonyl (C=O) groups is 1. The molecule has 2 rings (SSSR count). The predicted molar refractivity (Wildman–Crippen MR) is 65.6 cm³/mol. The maximum absolute atomic E-state index is 13.0. The van der Waals surface area contributed by atoms with Crippen molar-refractivity contribution in [3.8, 4) is 0 Å². The van der Waals surface area contributed by atoms with Crippen LogP contribution in [0.15, 0.2) is 18.5 Å². The van der Waals surface area contributed by atoms with Gasteiger partial charge in [-0.1, -0.05) is 0 Å². The van der Waals surface area contributed by atoms with E-state index in [2.05, 4.69) is 9.88 Å². The summed E-state index contributed by atoms with van der Waals surface area (Å²) in [7, 11) is 0. The normalized spacial score (nSPS) is 16.9. The van der Waals surface area contributed by atoms with Gasteiger partial charge < -0.3 is 10.6 Å². The topological polar surface area (TPSA) is 62.5 Å². The zero-order chi connectivity index (χ0) is 13.0. The van der Waals surface area contributed by atoms with Gasteiger partial charge >= 0.3 is 0 Å². The fraction of sp³-hybridized carbons (Fsp3) is 0.500. The first kappa shape index (κ1) is 12.9. The van der Waals surface area contributed by atoms with Crippen LogP contribution in [-0.4, -0.2) is 60.0 Å². The van der Waals surface area contributed by atoms with Crippen LogP contribution in [0.1, 0.15) is 10.4 Å². The smallest absolute Gasteiger partial charge is 0.255 e. The highest BCUT2D eigenvalue weighted by Gasteiger charge is 2.21. The minimum Gasteiger partial charge on any atom is -0.336 e. The van der Waals surface area contributed by atoms with Crippen LogP contribution in [0.3, 0.4) is 0 Å². The minimum atomic E-state index is -0.484. The van der Waals surface area contributed by atoms with E-state index in [9.17, 15) is 9.18 Å². The van der Waals surface area contributed by atoms with Crippen molar-refractivity contribution >= 4 is 5.91 Å². The molecular weight excluding hydrogens is 235 g/mol. The van der Waals surface area contributed by atoms with Crippen LogP contribution in [0.5, 0.6) is 0 Å². The predicted octanol–water partition coefficient (Wildman–Crippen LogP) is -0.0628. The molecule has 18 heavy (non-hydrogen) atoms. The lowest BCUT2D eigenvalue weighted by Gasteiger charge is -2.34. The van der Waals surface area contributed by atoms with Crippen molar-refractivity contribution in [2.45, 2.75) is 0 Å². The van der Waals surface area contributed by atoms with Crippen molar-refractivity contribution in [3.63, 3.8) is 0 Å². The lowest BCUT2D eigenvalue weighted by atomic mass is 10.2. The van der Waals surface area contributed by atoms with Gasteiger partial charge in [0.05, 0.1) is 11.8 Å². The Bertz CT molecular complexity index is 418. The van der Waals surface area contributed by atoms with Crippen molar-refractivity contribution in [1.29, 1.82) is 0 Å². The highest BCUT2D eigenvalue weighted by Crippen LogP contribution is 2.08. The first-order valence-corrected chi connectivity index (χ1v) is 6.03. The first-order chi connectivity index (χ1) is 8.70. The molecule has 0 radical (unpaired) electrons. The number of halogens is 1. The SMILES string of the molecule is NCCN1CCN(C(=O)c2cncc(F)c2)CC1. The standard InChI is InChI=1S/C12H17FN4O/c13-11-7-10(8-15-9-11)12(18)17-5-3-16(2-1-14)4-6-17/h7-9H,1-6,14H2. The third-order valence-corrected chi connectivity index (χ3v) is 3.06. The summed E-state index contributed by atoms with van der Waals surface area (Å²) >= 11 is 0. The Labute approximate surface area is 105 Å². The summed E-state index contributed by atoms with van der Waals surface area (Å²) in [5.74, 6) is -0.642. The molecule has 1 fully saturated rings. The molecule has 6 heteroatoms. The lowest BCUT2D eigenvalue weighted by Crippen LogP contribution is -2.49. The maximum Gasteiger partial charge on any atom is 0.255 e. The molecule has 0 aliphatic carbocycles. The molecule has 0 spiro atoms. The number of rotatable bonds is 3. The first-order valence-electron chi connectivity index (χ1n) is 6.03. The second kappa shape index (κ2) is 5.88. The van der Waals surface area contributed by atoms with E-state index in [0.717, 1.165) is 25.8 Å². The minimum absolute atomic E-state index is 0.158. The van der Waals surface area contributed by atoms with Crippen molar-refractivity contribution in [2.24, 2.45) is 5.73 Å². The summed E-state index contributed by atoms with van der Waals surface area (Å²) in [5.41, 5.74) is 5.80. The van der Waals surface area contributed by atoms with Gasteiger partial charge in [0.25, 0.3) is 5.91 Å². The Morgan fingerprint density at radius 3 is 2.67 bits per heavy atom. The van der Waals surface area contributed by atoms with E-state index >= 15 is 0 Å². The molecule has 1 aliphatic heterocycles. The maximum atomic E-state index is 13.0. The summed E-state index contributed by atoms with van der Waals surface area (Å²) < 4.78 is 13.0. The monoisotopic (exact) mass is 252 g/mol. The Balaban J connectivity index is 1.95. The summed E-state index contributed by atoms with van der Waals surface area (Å²) in [4.78, 5) is 19.7. The molecule has 0 unspecified atom stereocenters. The van der Waals surface area contributed by atoms with Crippen LogP contribution >= 0.6 is 0 Å². The number of hydrogen-bond acceptors (Lipinski definition) is 4. The van der Waals surface area contributed by atoms with Gasteiger partial charge in [-0.05, 0) is 6.07 Å². The summed E-state index contributed by atoms with van der Waals surface area (Å²) in [6, 6.07) is 1.22. The zero-order valence-electron chi connectivity index (χ0n) is 10.2. The van der Waals surface area contributed by atoms with Crippen molar-refractivity contribution in [2.75, 3.05) is 39.3 Å². The zero-order valence-corrected chi connectivity index (χ0v) is 10.2. The molecule has 5 nitrogen and oxygen atoms in total. The van der Waals surface area contributed by atoms with E-state index in [4.69, 9.17) is 5.73 Å². The van der Waals surface area contributed by atoms with Crippen molar-refractivity contribution < 1.29 is 9.18 Å². The molecule has 1 aliphatic rings. The molecule has 0 saturated carbocycles. The Kier molecular flexibility index (Phi) is 4.22. The summed E-state index contributed by atoms with van der Waals surface area (Å²) in [6.07, 6.45) is 2.49. The van der Waals surface area contributed by atoms with Crippen molar-refractivity contribution in [3.05, 3.63) is 29.8 Å². The van der Waals surface area contributed by atoms with Gasteiger partial charge in [0.2, 0.25) is 0 Å². The van der Waals surface area contributed by atoms with Gasteiger partial charge in [-0.25, -0.2) is 4.39 Å². The lowest BCUT2D eigenvalue weighted by molar-refractivity contribution is 0.0640. The number of amides is 1. The third kappa shape index (κ3) is 3.02. The van der Waals surface area contributed by atoms with Crippen LogP contribution in [-0.2, 0) is 0 Å². The largest absolute Gasteiger partial charge is 0.336 e. The number of nitrogens with zero attached hydrogens (tertiary/aromatic N) is 3. The number of aromatic nitrogens is 1. The Morgan fingerprint density at radius 2 is 2.06 bits per heavy atom. The quantitative estimate of drug-likeness (QED) is 0.818. The average Bonchev–Trinajstić information content (AvgIpc) is 2.39. The molecule has 0 atom stereocenters. The van der Waals surface area contributed by atoms with E-state index in [1.54, 1.807) is 4.90 Å². The fourth-order valence-corrected chi connectivity index (χ4v) is 2.07. The highest BCUT2D eigenvalue weighted by molar-refractivity contribution is 5.93. The van der Waals surface area contributed by atoms with Crippen LogP contribution < -0.4 is 5.73 Å². The molecule has 1 aromatic rings. The molecular formula is C12H17FN4O. The van der Waals surface area contributed by atoms with E-state index < -0.39 is 5.82 Å². The number of nitrogens with two attached hydrogens (primary N) is 1. The van der Waals surface area contributed by atoms with Crippen molar-refractivity contribution in [1.82, 2.24) is 14.8 Å². The second-order valence-electron chi connectivity index (χ2n) is 4.31. The molecule has 1 aromatic heterocycles. The number of piperazine rings is 1. The van der Waals surface area contributed by atoms with Gasteiger partial charge in [0.1, 0.15) is 5.82 Å². The average molecular weight is 252 g/mol. The number of pyridine rings is 1. The number of carbonyl (C=O) groups excluding carboxylic acids is 1. The molecule has 2 N–H and O–H groups in total. The third-order valence-electron chi connectivity index (χ3n) is 3.06.